The van der Waals surface area contributed by atoms with E-state index in [1.54, 1.807) is 6.92 Å². The van der Waals surface area contributed by atoms with E-state index < -0.39 is 67.9 Å². The van der Waals surface area contributed by atoms with Crippen LogP contribution in [0.5, 0.6) is 0 Å². The normalized spacial score (nSPS) is 15.4. The van der Waals surface area contributed by atoms with Gasteiger partial charge in [-0.15, -0.1) is 9.05 Å². The summed E-state index contributed by atoms with van der Waals surface area (Å²) in [4.78, 5) is 79.7. The van der Waals surface area contributed by atoms with Crippen molar-refractivity contribution in [1.82, 2.24) is 9.55 Å². The minimum Gasteiger partial charge on any atom is -0.466 e. The Morgan fingerprint density at radius 3 is 1.57 bits per heavy atom. The number of H-pyrrole nitrogens is 1. The lowest BCUT2D eigenvalue weighted by Crippen LogP contribution is -2.33. The van der Waals surface area contributed by atoms with E-state index in [2.05, 4.69) is 28.9 Å². The minimum atomic E-state index is -2.52. The van der Waals surface area contributed by atoms with E-state index in [0.717, 1.165) is 38.5 Å². The van der Waals surface area contributed by atoms with Gasteiger partial charge in [0, 0.05) is 40.5 Å². The summed E-state index contributed by atoms with van der Waals surface area (Å²) in [6.45, 7) is 5.56. The Bertz CT molecular complexity index is 1850. The third kappa shape index (κ3) is 35.0. The Labute approximate surface area is 447 Å². The molecule has 1 aliphatic rings. The zero-order valence-corrected chi connectivity index (χ0v) is 47.0. The number of unbranched alkanes of at least 4 members (excludes halogenated alkanes) is 27. The fourth-order valence-corrected chi connectivity index (χ4v) is 9.43. The molecular weight excluding hydrogens is 986 g/mol. The largest absolute Gasteiger partial charge is 0.697 e. The molecule has 0 aliphatic carbocycles. The van der Waals surface area contributed by atoms with Crippen molar-refractivity contribution in [3.63, 3.8) is 0 Å². The SMILES string of the molecule is CCCCCCCCCCCCCCCC(=O)OCC(COC(=O)CCCCCCCCCCCCCCC)OC(=O)CCC(=O)OCCCCCCO[P+](=O)OC[C@H]1O[C@@H](n2cc(C)c(=O)[nH]c2=O)C[C@@H]1N=[N+]=[N-]. The number of azide groups is 1. The molecule has 0 aromatic carbocycles. The van der Waals surface area contributed by atoms with Crippen LogP contribution in [0.3, 0.4) is 0 Å². The van der Waals surface area contributed by atoms with Gasteiger partial charge in [-0.05, 0) is 44.6 Å². The van der Waals surface area contributed by atoms with Gasteiger partial charge in [-0.2, -0.15) is 0 Å². The van der Waals surface area contributed by atoms with Crippen LogP contribution in [-0.2, 0) is 56.5 Å². The van der Waals surface area contributed by atoms with Crippen molar-refractivity contribution in [2.45, 2.75) is 270 Å². The quantitative estimate of drug-likeness (QED) is 0.0121. The lowest BCUT2D eigenvalue weighted by atomic mass is 10.0. The second-order valence-corrected chi connectivity index (χ2v) is 21.0. The molecule has 75 heavy (non-hydrogen) atoms. The van der Waals surface area contributed by atoms with Gasteiger partial charge in [-0.3, -0.25) is 33.5 Å². The standard InChI is InChI=1S/C55H94N5O14P/c1-4-6-8-10-12-14-16-18-20-22-24-26-30-34-50(61)69-42-46(43-70-51(62)35-31-27-25-23-21-19-17-15-13-11-9-7-5-2)73-53(64)37-36-52(63)68-38-32-28-29-33-39-71-75(67)72-44-48-47(58-59-56)40-49(74-48)60-41-45(3)54(65)57-55(60)66/h41,46-49H,4-40,42-44H2,1-3H3/p+1/t47-,48+,49+/m0/s1. The third-order valence-electron chi connectivity index (χ3n) is 13.4. The highest BCUT2D eigenvalue weighted by Gasteiger charge is 2.39. The van der Waals surface area contributed by atoms with Gasteiger partial charge < -0.3 is 23.7 Å². The van der Waals surface area contributed by atoms with Crippen molar-refractivity contribution < 1.29 is 56.5 Å². The monoisotopic (exact) mass is 1080 g/mol. The average Bonchev–Trinajstić information content (AvgIpc) is 3.80. The molecule has 1 aliphatic heterocycles. The van der Waals surface area contributed by atoms with E-state index in [9.17, 15) is 33.3 Å². The molecule has 1 N–H and O–H groups in total. The van der Waals surface area contributed by atoms with Crippen molar-refractivity contribution in [2.24, 2.45) is 5.11 Å². The number of carbonyl (C=O) groups excluding carboxylic acids is 4. The smallest absolute Gasteiger partial charge is 0.466 e. The predicted molar refractivity (Wildman–Crippen MR) is 288 cm³/mol. The highest BCUT2D eigenvalue weighted by molar-refractivity contribution is 7.33. The third-order valence-corrected chi connectivity index (χ3v) is 14.1. The molecule has 1 aromatic heterocycles. The molecule has 1 saturated heterocycles. The Morgan fingerprint density at radius 1 is 0.640 bits per heavy atom. The number of nitrogens with one attached hydrogen (secondary N) is 1. The number of aromatic amines is 1. The number of ether oxygens (including phenoxy) is 5. The molecule has 1 fully saturated rings. The van der Waals surface area contributed by atoms with Crippen LogP contribution >= 0.6 is 8.25 Å². The number of hydrogen-bond acceptors (Lipinski definition) is 15. The van der Waals surface area contributed by atoms with Crippen molar-refractivity contribution in [1.29, 1.82) is 0 Å². The molecule has 19 nitrogen and oxygen atoms in total. The van der Waals surface area contributed by atoms with Crippen LogP contribution in [0.4, 0.5) is 0 Å². The molecule has 0 saturated carbocycles. The summed E-state index contributed by atoms with van der Waals surface area (Å²) >= 11 is 0. The van der Waals surface area contributed by atoms with Crippen LogP contribution < -0.4 is 11.2 Å². The topological polar surface area (TPSA) is 254 Å². The first kappa shape index (κ1) is 67.0. The maximum absolute atomic E-state index is 12.8. The van der Waals surface area contributed by atoms with Crippen molar-refractivity contribution in [3.8, 4) is 0 Å². The van der Waals surface area contributed by atoms with Gasteiger partial charge >= 0.3 is 37.8 Å². The summed E-state index contributed by atoms with van der Waals surface area (Å²) in [5.41, 5.74) is 8.11. The first-order chi connectivity index (χ1) is 36.5. The zero-order chi connectivity index (χ0) is 54.6. The molecule has 2 heterocycles. The van der Waals surface area contributed by atoms with E-state index in [4.69, 9.17) is 38.3 Å². The van der Waals surface area contributed by atoms with Crippen LogP contribution in [-0.4, -0.2) is 84.7 Å². The molecular formula is C55H95N5O14P+. The molecule has 1 unspecified atom stereocenters. The molecule has 4 atom stereocenters. The summed E-state index contributed by atoms with van der Waals surface area (Å²) in [5.74, 6) is -2.08. The van der Waals surface area contributed by atoms with Gasteiger partial charge in [-0.1, -0.05) is 179 Å². The van der Waals surface area contributed by atoms with E-state index in [-0.39, 0.29) is 65.1 Å². The van der Waals surface area contributed by atoms with Crippen molar-refractivity contribution in [3.05, 3.63) is 43.0 Å². The van der Waals surface area contributed by atoms with Gasteiger partial charge in [0.25, 0.3) is 5.56 Å². The Morgan fingerprint density at radius 2 is 1.08 bits per heavy atom. The van der Waals surface area contributed by atoms with Gasteiger partial charge in [0.2, 0.25) is 0 Å². The van der Waals surface area contributed by atoms with Crippen LogP contribution in [0.15, 0.2) is 20.9 Å². The molecule has 2 rings (SSSR count). The number of esters is 4. The number of hydrogen-bond donors (Lipinski definition) is 1. The Hall–Kier alpha value is -4.15. The fourth-order valence-electron chi connectivity index (χ4n) is 8.81. The van der Waals surface area contributed by atoms with Crippen molar-refractivity contribution in [2.75, 3.05) is 33.0 Å². The summed E-state index contributed by atoms with van der Waals surface area (Å²) in [5, 5.41) is 3.72. The van der Waals surface area contributed by atoms with E-state index in [0.29, 0.717) is 44.1 Å². The number of aromatic nitrogens is 2. The minimum absolute atomic E-state index is 0.134. The molecule has 1 aromatic rings. The molecule has 0 radical (unpaired) electrons. The Kier molecular flexibility index (Phi) is 40.1. The van der Waals surface area contributed by atoms with Crippen LogP contribution in [0.1, 0.15) is 250 Å². The molecule has 0 bridgehead atoms. The molecule has 20 heteroatoms. The predicted octanol–water partition coefficient (Wildman–Crippen LogP) is 13.3. The first-order valence-corrected chi connectivity index (χ1v) is 30.0. The van der Waals surface area contributed by atoms with Crippen LogP contribution in [0.2, 0.25) is 0 Å². The van der Waals surface area contributed by atoms with Crippen LogP contribution in [0.25, 0.3) is 10.4 Å². The van der Waals surface area contributed by atoms with Gasteiger partial charge in [0.15, 0.2) is 6.10 Å². The molecule has 0 amide bonds. The maximum Gasteiger partial charge on any atom is 0.697 e. The Balaban J connectivity index is 1.64. The second-order valence-electron chi connectivity index (χ2n) is 20.1. The van der Waals surface area contributed by atoms with Gasteiger partial charge in [0.1, 0.15) is 32.7 Å². The van der Waals surface area contributed by atoms with Crippen LogP contribution in [0, 0.1) is 6.92 Å². The number of carbonyl (C=O) groups is 4. The zero-order valence-electron chi connectivity index (χ0n) is 46.1. The van der Waals surface area contributed by atoms with Gasteiger partial charge in [0.05, 0.1) is 31.6 Å². The average molecular weight is 1080 g/mol. The number of aryl methyl sites for hydroxylation is 1. The molecule has 428 valence electrons. The number of nitrogens with zero attached hydrogens (tertiary/aromatic N) is 4. The van der Waals surface area contributed by atoms with E-state index in [1.807, 2.05) is 0 Å². The maximum atomic E-state index is 12.8. The summed E-state index contributed by atoms with van der Waals surface area (Å²) in [6, 6.07) is -0.712. The summed E-state index contributed by atoms with van der Waals surface area (Å²) < 4.78 is 51.8. The highest BCUT2D eigenvalue weighted by Crippen LogP contribution is 2.33. The lowest BCUT2D eigenvalue weighted by molar-refractivity contribution is -0.167. The van der Waals surface area contributed by atoms with Gasteiger partial charge in [-0.25, -0.2) is 4.79 Å². The fraction of sp³-hybridized carbons (Fsp3) is 0.855. The highest BCUT2D eigenvalue weighted by atomic mass is 31.1. The first-order valence-electron chi connectivity index (χ1n) is 28.9. The van der Waals surface area contributed by atoms with Crippen molar-refractivity contribution >= 4 is 32.1 Å². The van der Waals surface area contributed by atoms with E-state index in [1.165, 1.54) is 126 Å². The summed E-state index contributed by atoms with van der Waals surface area (Å²) in [7, 11) is -2.52. The second kappa shape index (κ2) is 44.9. The van der Waals surface area contributed by atoms with E-state index >= 15 is 0 Å². The summed E-state index contributed by atoms with van der Waals surface area (Å²) in [6.07, 6.45) is 32.5. The number of rotatable bonds is 49. The molecule has 0 spiro atoms. The lowest BCUT2D eigenvalue weighted by Gasteiger charge is -2.18.